The van der Waals surface area contributed by atoms with Crippen LogP contribution < -0.4 is 10.5 Å². The number of carbonyl (C=O) groups excluding carboxylic acids is 1. The third kappa shape index (κ3) is 5.76. The summed E-state index contributed by atoms with van der Waals surface area (Å²) in [5, 5.41) is 11.9. The quantitative estimate of drug-likeness (QED) is 0.283. The molecule has 1 saturated heterocycles. The van der Waals surface area contributed by atoms with Crippen molar-refractivity contribution in [3.8, 4) is 5.75 Å². The summed E-state index contributed by atoms with van der Waals surface area (Å²) >= 11 is 0. The highest BCUT2D eigenvalue weighted by molar-refractivity contribution is 5.83. The highest BCUT2D eigenvalue weighted by Crippen LogP contribution is 2.32. The number of nitrogen functional groups attached to an aromatic ring is 1. The SMILES string of the molecule is CCOC(=O)CN1CCC(CCCOc2cc3nc(N)ncc3cc2[N+](=O)[O-])CC1. The van der Waals surface area contributed by atoms with Crippen molar-refractivity contribution in [1.29, 1.82) is 0 Å². The lowest BCUT2D eigenvalue weighted by Gasteiger charge is -2.31. The van der Waals surface area contributed by atoms with Crippen molar-refractivity contribution in [2.45, 2.75) is 32.6 Å². The Morgan fingerprint density at radius 3 is 2.83 bits per heavy atom. The second-order valence-electron chi connectivity index (χ2n) is 7.38. The second-order valence-corrected chi connectivity index (χ2v) is 7.38. The number of fused-ring (bicyclic) bond motifs is 1. The predicted octanol–water partition coefficient (Wildman–Crippen LogP) is 2.55. The average molecular weight is 417 g/mol. The van der Waals surface area contributed by atoms with Gasteiger partial charge in [0.25, 0.3) is 0 Å². The van der Waals surface area contributed by atoms with Crippen LogP contribution in [0.1, 0.15) is 32.6 Å². The molecule has 1 fully saturated rings. The molecule has 30 heavy (non-hydrogen) atoms. The van der Waals surface area contributed by atoms with Gasteiger partial charge in [0.05, 0.1) is 30.2 Å². The monoisotopic (exact) mass is 417 g/mol. The fraction of sp³-hybridized carbons (Fsp3) is 0.550. The number of nitro groups is 1. The number of rotatable bonds is 9. The molecule has 1 aromatic carbocycles. The van der Waals surface area contributed by atoms with Crippen LogP contribution in [0.5, 0.6) is 5.75 Å². The number of esters is 1. The highest BCUT2D eigenvalue weighted by Gasteiger charge is 2.22. The molecule has 3 rings (SSSR count). The summed E-state index contributed by atoms with van der Waals surface area (Å²) in [6.45, 7) is 4.70. The van der Waals surface area contributed by atoms with E-state index in [-0.39, 0.29) is 23.4 Å². The molecule has 0 saturated carbocycles. The number of nitrogens with zero attached hydrogens (tertiary/aromatic N) is 4. The van der Waals surface area contributed by atoms with E-state index in [1.165, 1.54) is 12.3 Å². The van der Waals surface area contributed by atoms with Crippen LogP contribution in [0.2, 0.25) is 0 Å². The molecule has 10 nitrogen and oxygen atoms in total. The van der Waals surface area contributed by atoms with Crippen molar-refractivity contribution in [1.82, 2.24) is 14.9 Å². The number of hydrogen-bond acceptors (Lipinski definition) is 9. The molecular weight excluding hydrogens is 390 g/mol. The van der Waals surface area contributed by atoms with Gasteiger partial charge in [-0.1, -0.05) is 0 Å². The van der Waals surface area contributed by atoms with Crippen LogP contribution in [0.3, 0.4) is 0 Å². The van der Waals surface area contributed by atoms with Crippen molar-refractivity contribution < 1.29 is 19.2 Å². The van der Waals surface area contributed by atoms with E-state index in [1.807, 2.05) is 6.92 Å². The summed E-state index contributed by atoms with van der Waals surface area (Å²) in [6, 6.07) is 2.95. The molecule has 0 unspecified atom stereocenters. The summed E-state index contributed by atoms with van der Waals surface area (Å²) in [5.74, 6) is 0.686. The summed E-state index contributed by atoms with van der Waals surface area (Å²) in [6.07, 6.45) is 5.27. The van der Waals surface area contributed by atoms with Crippen LogP contribution >= 0.6 is 0 Å². The molecule has 2 N–H and O–H groups in total. The van der Waals surface area contributed by atoms with Gasteiger partial charge in [0.1, 0.15) is 0 Å². The zero-order valence-electron chi connectivity index (χ0n) is 17.1. The van der Waals surface area contributed by atoms with E-state index < -0.39 is 4.92 Å². The van der Waals surface area contributed by atoms with Gasteiger partial charge in [-0.25, -0.2) is 9.97 Å². The molecule has 0 amide bonds. The Morgan fingerprint density at radius 2 is 2.13 bits per heavy atom. The number of anilines is 1. The summed E-state index contributed by atoms with van der Waals surface area (Å²) < 4.78 is 10.7. The molecular formula is C20H27N5O5. The molecule has 1 aromatic heterocycles. The Morgan fingerprint density at radius 1 is 1.37 bits per heavy atom. The molecule has 0 radical (unpaired) electrons. The average Bonchev–Trinajstić information content (AvgIpc) is 2.71. The van der Waals surface area contributed by atoms with Gasteiger partial charge >= 0.3 is 11.7 Å². The molecule has 0 bridgehead atoms. The van der Waals surface area contributed by atoms with Gasteiger partial charge in [0.2, 0.25) is 5.95 Å². The standard InChI is InChI=1S/C20H27N5O5/c1-2-29-19(26)13-24-7-5-14(6-8-24)4-3-9-30-18-11-16-15(10-17(18)25(27)28)12-22-20(21)23-16/h10-12,14H,2-9,13H2,1H3,(H2,21,22,23). The predicted molar refractivity (Wildman–Crippen MR) is 111 cm³/mol. The van der Waals surface area contributed by atoms with E-state index in [4.69, 9.17) is 15.2 Å². The summed E-state index contributed by atoms with van der Waals surface area (Å²) in [7, 11) is 0. The van der Waals surface area contributed by atoms with Crippen molar-refractivity contribution in [2.24, 2.45) is 5.92 Å². The first-order valence-electron chi connectivity index (χ1n) is 10.2. The number of hydrogen-bond donors (Lipinski definition) is 1. The smallest absolute Gasteiger partial charge is 0.320 e. The maximum absolute atomic E-state index is 11.6. The van der Waals surface area contributed by atoms with Gasteiger partial charge in [-0.05, 0) is 51.6 Å². The first kappa shape index (κ1) is 21.7. The number of benzene rings is 1. The van der Waals surface area contributed by atoms with Crippen molar-refractivity contribution >= 4 is 28.5 Å². The normalized spacial score (nSPS) is 15.2. The van der Waals surface area contributed by atoms with Crippen LogP contribution in [0.15, 0.2) is 18.3 Å². The first-order chi connectivity index (χ1) is 14.5. The highest BCUT2D eigenvalue weighted by atomic mass is 16.6. The minimum Gasteiger partial charge on any atom is -0.487 e. The van der Waals surface area contributed by atoms with Crippen LogP contribution in [0.25, 0.3) is 10.9 Å². The third-order valence-electron chi connectivity index (χ3n) is 5.26. The zero-order chi connectivity index (χ0) is 21.5. The topological polar surface area (TPSA) is 134 Å². The fourth-order valence-electron chi connectivity index (χ4n) is 3.70. The zero-order valence-corrected chi connectivity index (χ0v) is 17.1. The molecule has 10 heteroatoms. The minimum absolute atomic E-state index is 0.108. The first-order valence-corrected chi connectivity index (χ1v) is 10.2. The van der Waals surface area contributed by atoms with E-state index in [2.05, 4.69) is 14.9 Å². The van der Waals surface area contributed by atoms with E-state index in [0.29, 0.717) is 36.6 Å². The lowest BCUT2D eigenvalue weighted by molar-refractivity contribution is -0.385. The summed E-state index contributed by atoms with van der Waals surface area (Å²) in [5.41, 5.74) is 6.00. The number of aromatic nitrogens is 2. The lowest BCUT2D eigenvalue weighted by atomic mass is 9.92. The third-order valence-corrected chi connectivity index (χ3v) is 5.26. The van der Waals surface area contributed by atoms with Crippen molar-refractivity contribution in [3.63, 3.8) is 0 Å². The number of likely N-dealkylation sites (tertiary alicyclic amines) is 1. The van der Waals surface area contributed by atoms with Gasteiger partial charge in [-0.2, -0.15) is 0 Å². The largest absolute Gasteiger partial charge is 0.487 e. The Labute approximate surface area is 174 Å². The lowest BCUT2D eigenvalue weighted by Crippen LogP contribution is -2.38. The van der Waals surface area contributed by atoms with Crippen LogP contribution in [-0.4, -0.2) is 58.6 Å². The van der Waals surface area contributed by atoms with Gasteiger partial charge < -0.3 is 15.2 Å². The molecule has 0 atom stereocenters. The van der Waals surface area contributed by atoms with Crippen molar-refractivity contribution in [2.75, 3.05) is 38.6 Å². The van der Waals surface area contributed by atoms with Gasteiger partial charge in [0, 0.05) is 23.7 Å². The Bertz CT molecular complexity index is 899. The van der Waals surface area contributed by atoms with Crippen LogP contribution in [0.4, 0.5) is 11.6 Å². The van der Waals surface area contributed by atoms with Gasteiger partial charge in [-0.15, -0.1) is 0 Å². The van der Waals surface area contributed by atoms with E-state index >= 15 is 0 Å². The maximum atomic E-state index is 11.6. The Hall–Kier alpha value is -3.01. The maximum Gasteiger partial charge on any atom is 0.320 e. The van der Waals surface area contributed by atoms with E-state index in [0.717, 1.165) is 38.8 Å². The molecule has 2 heterocycles. The number of carbonyl (C=O) groups is 1. The Balaban J connectivity index is 1.48. The number of piperidine rings is 1. The van der Waals surface area contributed by atoms with E-state index in [9.17, 15) is 14.9 Å². The second kappa shape index (κ2) is 10.1. The molecule has 1 aliphatic heterocycles. The van der Waals surface area contributed by atoms with Crippen LogP contribution in [-0.2, 0) is 9.53 Å². The molecule has 1 aliphatic rings. The molecule has 2 aromatic rings. The van der Waals surface area contributed by atoms with Crippen LogP contribution in [0, 0.1) is 16.0 Å². The van der Waals surface area contributed by atoms with Gasteiger partial charge in [-0.3, -0.25) is 19.8 Å². The number of nitro benzene ring substituents is 1. The molecule has 0 aliphatic carbocycles. The number of ether oxygens (including phenoxy) is 2. The Kier molecular flexibility index (Phi) is 7.34. The minimum atomic E-state index is -0.468. The fourth-order valence-corrected chi connectivity index (χ4v) is 3.70. The summed E-state index contributed by atoms with van der Waals surface area (Å²) in [4.78, 5) is 32.6. The van der Waals surface area contributed by atoms with E-state index in [1.54, 1.807) is 6.07 Å². The molecule has 0 spiro atoms. The number of nitrogens with two attached hydrogens (primary N) is 1. The van der Waals surface area contributed by atoms with Gasteiger partial charge in [0.15, 0.2) is 5.75 Å². The van der Waals surface area contributed by atoms with Crippen molar-refractivity contribution in [3.05, 3.63) is 28.4 Å². The molecule has 162 valence electrons.